The Bertz CT molecular complexity index is 307. The first kappa shape index (κ1) is 14.2. The standard InChI is InChI=1S/C11H16N2O3/c1-4-5-6-10(14)13(3)9(2)11(15)16-8-7-12/h4,9H,1,5-6,8H2,2-3H3. The van der Waals surface area contributed by atoms with Gasteiger partial charge in [-0.1, -0.05) is 6.08 Å². The van der Waals surface area contributed by atoms with E-state index in [1.807, 2.05) is 0 Å². The molecule has 5 nitrogen and oxygen atoms in total. The highest BCUT2D eigenvalue weighted by molar-refractivity contribution is 5.84. The number of carbonyl (C=O) groups is 2. The first-order valence-electron chi connectivity index (χ1n) is 4.94. The number of amides is 1. The summed E-state index contributed by atoms with van der Waals surface area (Å²) < 4.78 is 4.61. The van der Waals surface area contributed by atoms with Gasteiger partial charge in [-0.15, -0.1) is 6.58 Å². The van der Waals surface area contributed by atoms with Crippen LogP contribution < -0.4 is 0 Å². The second kappa shape index (κ2) is 7.46. The zero-order chi connectivity index (χ0) is 12.6. The molecular weight excluding hydrogens is 208 g/mol. The molecule has 0 fully saturated rings. The highest BCUT2D eigenvalue weighted by Gasteiger charge is 2.22. The molecule has 0 aliphatic rings. The predicted molar refractivity (Wildman–Crippen MR) is 58.2 cm³/mol. The molecule has 1 amide bonds. The highest BCUT2D eigenvalue weighted by Crippen LogP contribution is 2.03. The fourth-order valence-electron chi connectivity index (χ4n) is 1.000. The first-order chi connectivity index (χ1) is 7.54. The number of allylic oxidation sites excluding steroid dienone is 1. The number of carbonyl (C=O) groups excluding carboxylic acids is 2. The number of nitriles is 1. The summed E-state index contributed by atoms with van der Waals surface area (Å²) in [4.78, 5) is 24.2. The summed E-state index contributed by atoms with van der Waals surface area (Å²) in [6.45, 7) is 4.78. The molecule has 0 saturated heterocycles. The molecule has 0 aliphatic carbocycles. The number of likely N-dealkylation sites (N-methyl/N-ethyl adjacent to an activating group) is 1. The van der Waals surface area contributed by atoms with Crippen molar-refractivity contribution in [2.75, 3.05) is 13.7 Å². The van der Waals surface area contributed by atoms with E-state index in [1.165, 1.54) is 11.9 Å². The summed E-state index contributed by atoms with van der Waals surface area (Å²) in [7, 11) is 1.53. The van der Waals surface area contributed by atoms with E-state index in [0.717, 1.165) is 0 Å². The van der Waals surface area contributed by atoms with Crippen molar-refractivity contribution in [3.05, 3.63) is 12.7 Å². The smallest absolute Gasteiger partial charge is 0.329 e. The first-order valence-corrected chi connectivity index (χ1v) is 4.94. The molecule has 0 saturated carbocycles. The van der Waals surface area contributed by atoms with Crippen molar-refractivity contribution in [2.24, 2.45) is 0 Å². The van der Waals surface area contributed by atoms with Crippen molar-refractivity contribution < 1.29 is 14.3 Å². The maximum atomic E-state index is 11.5. The lowest BCUT2D eigenvalue weighted by atomic mass is 10.2. The van der Waals surface area contributed by atoms with E-state index in [0.29, 0.717) is 12.8 Å². The van der Waals surface area contributed by atoms with Gasteiger partial charge in [-0.3, -0.25) is 4.79 Å². The van der Waals surface area contributed by atoms with Gasteiger partial charge in [-0.25, -0.2) is 4.79 Å². The number of ether oxygens (including phenoxy) is 1. The second-order valence-electron chi connectivity index (χ2n) is 3.27. The Balaban J connectivity index is 4.20. The second-order valence-corrected chi connectivity index (χ2v) is 3.27. The fourth-order valence-corrected chi connectivity index (χ4v) is 1.000. The maximum Gasteiger partial charge on any atom is 0.329 e. The van der Waals surface area contributed by atoms with Gasteiger partial charge >= 0.3 is 5.97 Å². The Morgan fingerprint density at radius 3 is 2.75 bits per heavy atom. The quantitative estimate of drug-likeness (QED) is 0.495. The van der Waals surface area contributed by atoms with Gasteiger partial charge in [0.1, 0.15) is 12.1 Å². The molecule has 5 heteroatoms. The number of hydrogen-bond acceptors (Lipinski definition) is 4. The van der Waals surface area contributed by atoms with E-state index in [9.17, 15) is 9.59 Å². The Kier molecular flexibility index (Phi) is 6.61. The largest absolute Gasteiger partial charge is 0.449 e. The van der Waals surface area contributed by atoms with E-state index < -0.39 is 12.0 Å². The summed E-state index contributed by atoms with van der Waals surface area (Å²) in [6, 6.07) is 1.02. The highest BCUT2D eigenvalue weighted by atomic mass is 16.5. The topological polar surface area (TPSA) is 70.4 Å². The van der Waals surface area contributed by atoms with E-state index in [1.54, 1.807) is 19.1 Å². The third-order valence-corrected chi connectivity index (χ3v) is 2.16. The molecule has 0 aromatic carbocycles. The van der Waals surface area contributed by atoms with Gasteiger partial charge in [0.15, 0.2) is 6.61 Å². The average Bonchev–Trinajstić information content (AvgIpc) is 2.30. The number of rotatable bonds is 6. The van der Waals surface area contributed by atoms with Crippen LogP contribution in [-0.2, 0) is 14.3 Å². The summed E-state index contributed by atoms with van der Waals surface area (Å²) in [5.74, 6) is -0.725. The van der Waals surface area contributed by atoms with Crippen LogP contribution >= 0.6 is 0 Å². The maximum absolute atomic E-state index is 11.5. The van der Waals surface area contributed by atoms with Crippen LogP contribution in [0.4, 0.5) is 0 Å². The summed E-state index contributed by atoms with van der Waals surface area (Å²) in [6.07, 6.45) is 2.53. The third kappa shape index (κ3) is 4.60. The van der Waals surface area contributed by atoms with Crippen LogP contribution in [0.5, 0.6) is 0 Å². The molecule has 0 aromatic rings. The monoisotopic (exact) mass is 224 g/mol. The molecule has 0 aliphatic heterocycles. The van der Waals surface area contributed by atoms with Crippen LogP contribution in [0.2, 0.25) is 0 Å². The Hall–Kier alpha value is -1.83. The lowest BCUT2D eigenvalue weighted by molar-refractivity contribution is -0.152. The van der Waals surface area contributed by atoms with Crippen molar-refractivity contribution in [2.45, 2.75) is 25.8 Å². The minimum Gasteiger partial charge on any atom is -0.449 e. The predicted octanol–water partition coefficient (Wildman–Crippen LogP) is 0.866. The third-order valence-electron chi connectivity index (χ3n) is 2.16. The summed E-state index contributed by atoms with van der Waals surface area (Å²) in [5, 5.41) is 8.24. The van der Waals surface area contributed by atoms with Crippen LogP contribution in [0.25, 0.3) is 0 Å². The number of hydrogen-bond donors (Lipinski definition) is 0. The molecule has 1 unspecified atom stereocenters. The molecule has 0 spiro atoms. The van der Waals surface area contributed by atoms with E-state index >= 15 is 0 Å². The molecule has 0 rings (SSSR count). The minimum absolute atomic E-state index is 0.152. The van der Waals surface area contributed by atoms with E-state index in [4.69, 9.17) is 5.26 Å². The average molecular weight is 224 g/mol. The lowest BCUT2D eigenvalue weighted by Crippen LogP contribution is -2.41. The van der Waals surface area contributed by atoms with Crippen molar-refractivity contribution in [3.63, 3.8) is 0 Å². The van der Waals surface area contributed by atoms with Crippen molar-refractivity contribution in [1.82, 2.24) is 4.90 Å². The zero-order valence-electron chi connectivity index (χ0n) is 9.60. The minimum atomic E-state index is -0.675. The lowest BCUT2D eigenvalue weighted by Gasteiger charge is -2.22. The Morgan fingerprint density at radius 1 is 1.62 bits per heavy atom. The molecule has 88 valence electrons. The summed E-state index contributed by atoms with van der Waals surface area (Å²) >= 11 is 0. The molecule has 0 N–H and O–H groups in total. The SMILES string of the molecule is C=CCCC(=O)N(C)C(C)C(=O)OCC#N. The van der Waals surface area contributed by atoms with Crippen LogP contribution in [-0.4, -0.2) is 36.5 Å². The van der Waals surface area contributed by atoms with Crippen LogP contribution in [0, 0.1) is 11.3 Å². The molecule has 1 atom stereocenters. The van der Waals surface area contributed by atoms with Crippen molar-refractivity contribution in [3.8, 4) is 6.07 Å². The zero-order valence-corrected chi connectivity index (χ0v) is 9.60. The van der Waals surface area contributed by atoms with Gasteiger partial charge in [-0.05, 0) is 13.3 Å². The van der Waals surface area contributed by atoms with Gasteiger partial charge in [0, 0.05) is 13.5 Å². The molecule has 0 heterocycles. The number of nitrogens with zero attached hydrogens (tertiary/aromatic N) is 2. The van der Waals surface area contributed by atoms with Crippen LogP contribution in [0.15, 0.2) is 12.7 Å². The molecule has 0 bridgehead atoms. The van der Waals surface area contributed by atoms with Gasteiger partial charge in [0.25, 0.3) is 0 Å². The molecule has 0 radical (unpaired) electrons. The van der Waals surface area contributed by atoms with E-state index in [2.05, 4.69) is 11.3 Å². The molecular formula is C11H16N2O3. The van der Waals surface area contributed by atoms with Crippen molar-refractivity contribution in [1.29, 1.82) is 5.26 Å². The van der Waals surface area contributed by atoms with Gasteiger partial charge in [0.2, 0.25) is 5.91 Å². The normalized spacial score (nSPS) is 11.1. The molecule has 0 aromatic heterocycles. The van der Waals surface area contributed by atoms with Gasteiger partial charge < -0.3 is 9.64 Å². The Morgan fingerprint density at radius 2 is 2.25 bits per heavy atom. The van der Waals surface area contributed by atoms with Crippen LogP contribution in [0.1, 0.15) is 19.8 Å². The van der Waals surface area contributed by atoms with Crippen LogP contribution in [0.3, 0.4) is 0 Å². The van der Waals surface area contributed by atoms with Crippen molar-refractivity contribution >= 4 is 11.9 Å². The van der Waals surface area contributed by atoms with Gasteiger partial charge in [-0.2, -0.15) is 5.26 Å². The Labute approximate surface area is 95.3 Å². The number of esters is 1. The van der Waals surface area contributed by atoms with Gasteiger partial charge in [0.05, 0.1) is 0 Å². The van der Waals surface area contributed by atoms with E-state index in [-0.39, 0.29) is 12.5 Å². The summed E-state index contributed by atoms with van der Waals surface area (Å²) in [5.41, 5.74) is 0. The fraction of sp³-hybridized carbons (Fsp3) is 0.545. The molecule has 16 heavy (non-hydrogen) atoms.